The van der Waals surface area contributed by atoms with Crippen LogP contribution in [0.25, 0.3) is 11.1 Å². The Kier molecular flexibility index (Phi) is 3.92. The molecule has 0 aliphatic heterocycles. The molecule has 18 heavy (non-hydrogen) atoms. The minimum Gasteiger partial charge on any atom is -0.349 e. The first kappa shape index (κ1) is 12.1. The maximum absolute atomic E-state index is 11.7. The van der Waals surface area contributed by atoms with Crippen LogP contribution in [0, 0.1) is 0 Å². The Bertz CT molecular complexity index is 529. The predicted octanol–water partition coefficient (Wildman–Crippen LogP) is 3.27. The summed E-state index contributed by atoms with van der Waals surface area (Å²) in [4.78, 5) is 11.7. The zero-order valence-corrected chi connectivity index (χ0v) is 10.1. The highest BCUT2D eigenvalue weighted by atomic mass is 16.1. The van der Waals surface area contributed by atoms with E-state index < -0.39 is 0 Å². The average molecular weight is 237 g/mol. The van der Waals surface area contributed by atoms with Gasteiger partial charge in [-0.2, -0.15) is 0 Å². The molecular weight excluding hydrogens is 222 g/mol. The van der Waals surface area contributed by atoms with Gasteiger partial charge in [-0.15, -0.1) is 6.58 Å². The summed E-state index contributed by atoms with van der Waals surface area (Å²) in [5.74, 6) is -0.0745. The molecular formula is C16H15NO. The van der Waals surface area contributed by atoms with Crippen LogP contribution in [-0.2, 0) is 0 Å². The standard InChI is InChI=1S/C16H15NO/c1-2-12-17-16(18)15-10-8-14(9-11-15)13-6-4-3-5-7-13/h2-11H,1,12H2,(H,17,18). The van der Waals surface area contributed by atoms with Gasteiger partial charge in [0.1, 0.15) is 0 Å². The number of carbonyl (C=O) groups is 1. The quantitative estimate of drug-likeness (QED) is 0.812. The molecule has 0 unspecified atom stereocenters. The van der Waals surface area contributed by atoms with Crippen molar-refractivity contribution in [1.29, 1.82) is 0 Å². The van der Waals surface area contributed by atoms with Crippen LogP contribution in [0.4, 0.5) is 0 Å². The summed E-state index contributed by atoms with van der Waals surface area (Å²) in [6, 6.07) is 17.7. The van der Waals surface area contributed by atoms with E-state index in [0.717, 1.165) is 11.1 Å². The van der Waals surface area contributed by atoms with Gasteiger partial charge in [-0.1, -0.05) is 48.5 Å². The fourth-order valence-electron chi connectivity index (χ4n) is 1.71. The molecule has 2 heteroatoms. The molecule has 0 atom stereocenters. The second kappa shape index (κ2) is 5.82. The van der Waals surface area contributed by atoms with Gasteiger partial charge in [0.25, 0.3) is 5.91 Å². The molecule has 0 saturated carbocycles. The summed E-state index contributed by atoms with van der Waals surface area (Å²) in [5.41, 5.74) is 2.92. The van der Waals surface area contributed by atoms with Crippen molar-refractivity contribution < 1.29 is 4.79 Å². The molecule has 0 bridgehead atoms. The van der Waals surface area contributed by atoms with Gasteiger partial charge < -0.3 is 5.32 Å². The topological polar surface area (TPSA) is 29.1 Å². The molecule has 0 radical (unpaired) electrons. The number of hydrogen-bond donors (Lipinski definition) is 1. The lowest BCUT2D eigenvalue weighted by atomic mass is 10.0. The van der Waals surface area contributed by atoms with E-state index in [1.807, 2.05) is 54.6 Å². The fraction of sp³-hybridized carbons (Fsp3) is 0.0625. The fourth-order valence-corrected chi connectivity index (χ4v) is 1.71. The number of nitrogens with one attached hydrogen (secondary N) is 1. The van der Waals surface area contributed by atoms with Gasteiger partial charge >= 0.3 is 0 Å². The maximum Gasteiger partial charge on any atom is 0.251 e. The molecule has 0 saturated heterocycles. The number of benzene rings is 2. The molecule has 2 aromatic carbocycles. The zero-order valence-electron chi connectivity index (χ0n) is 10.1. The van der Waals surface area contributed by atoms with Crippen molar-refractivity contribution in [3.8, 4) is 11.1 Å². The van der Waals surface area contributed by atoms with Gasteiger partial charge in [0.2, 0.25) is 0 Å². The molecule has 0 aliphatic rings. The lowest BCUT2D eigenvalue weighted by molar-refractivity contribution is 0.0958. The Morgan fingerprint density at radius 2 is 1.61 bits per heavy atom. The molecule has 0 aromatic heterocycles. The third kappa shape index (κ3) is 2.86. The molecule has 1 amide bonds. The van der Waals surface area contributed by atoms with E-state index in [2.05, 4.69) is 11.9 Å². The summed E-state index contributed by atoms with van der Waals surface area (Å²) in [7, 11) is 0. The van der Waals surface area contributed by atoms with Crippen molar-refractivity contribution in [2.24, 2.45) is 0 Å². The molecule has 2 rings (SSSR count). The summed E-state index contributed by atoms with van der Waals surface area (Å²) < 4.78 is 0. The lowest BCUT2D eigenvalue weighted by Gasteiger charge is -2.04. The number of amides is 1. The molecule has 0 spiro atoms. The van der Waals surface area contributed by atoms with Crippen molar-refractivity contribution >= 4 is 5.91 Å². The molecule has 0 aliphatic carbocycles. The van der Waals surface area contributed by atoms with E-state index in [-0.39, 0.29) is 5.91 Å². The first-order valence-electron chi connectivity index (χ1n) is 5.86. The Labute approximate surface area is 107 Å². The maximum atomic E-state index is 11.7. The zero-order chi connectivity index (χ0) is 12.8. The normalized spacial score (nSPS) is 9.78. The molecule has 90 valence electrons. The summed E-state index contributed by atoms with van der Waals surface area (Å²) in [5, 5.41) is 2.75. The predicted molar refractivity (Wildman–Crippen MR) is 74.4 cm³/mol. The minimum atomic E-state index is -0.0745. The third-order valence-electron chi connectivity index (χ3n) is 2.66. The van der Waals surface area contributed by atoms with E-state index in [9.17, 15) is 4.79 Å². The van der Waals surface area contributed by atoms with Crippen LogP contribution in [-0.4, -0.2) is 12.5 Å². The van der Waals surface area contributed by atoms with Crippen molar-refractivity contribution in [1.82, 2.24) is 5.32 Å². The van der Waals surface area contributed by atoms with Crippen LogP contribution in [0.3, 0.4) is 0 Å². The molecule has 2 aromatic rings. The van der Waals surface area contributed by atoms with Crippen LogP contribution in [0.2, 0.25) is 0 Å². The van der Waals surface area contributed by atoms with Gasteiger partial charge in [-0.25, -0.2) is 0 Å². The van der Waals surface area contributed by atoms with Crippen molar-refractivity contribution in [2.45, 2.75) is 0 Å². The van der Waals surface area contributed by atoms with Gasteiger partial charge in [-0.3, -0.25) is 4.79 Å². The first-order valence-corrected chi connectivity index (χ1v) is 5.86. The van der Waals surface area contributed by atoms with E-state index in [1.54, 1.807) is 6.08 Å². The minimum absolute atomic E-state index is 0.0745. The highest BCUT2D eigenvalue weighted by Crippen LogP contribution is 2.19. The van der Waals surface area contributed by atoms with Crippen molar-refractivity contribution in [3.63, 3.8) is 0 Å². The van der Waals surface area contributed by atoms with Crippen LogP contribution in [0.1, 0.15) is 10.4 Å². The Hall–Kier alpha value is -2.35. The van der Waals surface area contributed by atoms with Gasteiger partial charge in [-0.05, 0) is 23.3 Å². The summed E-state index contributed by atoms with van der Waals surface area (Å²) >= 11 is 0. The molecule has 0 heterocycles. The summed E-state index contributed by atoms with van der Waals surface area (Å²) in [6.07, 6.45) is 1.66. The number of rotatable bonds is 4. The lowest BCUT2D eigenvalue weighted by Crippen LogP contribution is -2.22. The highest BCUT2D eigenvalue weighted by molar-refractivity contribution is 5.94. The van der Waals surface area contributed by atoms with Crippen LogP contribution in [0.15, 0.2) is 67.3 Å². The smallest absolute Gasteiger partial charge is 0.251 e. The van der Waals surface area contributed by atoms with Gasteiger partial charge in [0, 0.05) is 12.1 Å². The Balaban J connectivity index is 2.15. The Morgan fingerprint density at radius 3 is 2.22 bits per heavy atom. The van der Waals surface area contributed by atoms with Crippen LogP contribution in [0.5, 0.6) is 0 Å². The second-order valence-corrected chi connectivity index (χ2v) is 3.94. The second-order valence-electron chi connectivity index (χ2n) is 3.94. The van der Waals surface area contributed by atoms with Crippen LogP contribution >= 0.6 is 0 Å². The van der Waals surface area contributed by atoms with E-state index in [1.165, 1.54) is 0 Å². The number of carbonyl (C=O) groups excluding carboxylic acids is 1. The number of hydrogen-bond acceptors (Lipinski definition) is 1. The summed E-state index contributed by atoms with van der Waals surface area (Å²) in [6.45, 7) is 4.05. The van der Waals surface area contributed by atoms with Crippen molar-refractivity contribution in [3.05, 3.63) is 72.8 Å². The van der Waals surface area contributed by atoms with Gasteiger partial charge in [0.15, 0.2) is 0 Å². The SMILES string of the molecule is C=CCNC(=O)c1ccc(-c2ccccc2)cc1. The molecule has 0 fully saturated rings. The Morgan fingerprint density at radius 1 is 1.00 bits per heavy atom. The van der Waals surface area contributed by atoms with E-state index >= 15 is 0 Å². The highest BCUT2D eigenvalue weighted by Gasteiger charge is 2.04. The monoisotopic (exact) mass is 237 g/mol. The van der Waals surface area contributed by atoms with Crippen LogP contribution < -0.4 is 5.32 Å². The average Bonchev–Trinajstić information content (AvgIpc) is 2.46. The molecule has 2 nitrogen and oxygen atoms in total. The third-order valence-corrected chi connectivity index (χ3v) is 2.66. The molecule has 1 N–H and O–H groups in total. The van der Waals surface area contributed by atoms with Gasteiger partial charge in [0.05, 0.1) is 0 Å². The van der Waals surface area contributed by atoms with E-state index in [0.29, 0.717) is 12.1 Å². The van der Waals surface area contributed by atoms with Crippen molar-refractivity contribution in [2.75, 3.05) is 6.54 Å². The van der Waals surface area contributed by atoms with E-state index in [4.69, 9.17) is 0 Å². The largest absolute Gasteiger partial charge is 0.349 e. The first-order chi connectivity index (χ1) is 8.81.